The van der Waals surface area contributed by atoms with Crippen LogP contribution in [-0.4, -0.2) is 219 Å². The number of ether oxygens (including phenoxy) is 13. The highest BCUT2D eigenvalue weighted by Crippen LogP contribution is 2.60. The van der Waals surface area contributed by atoms with Crippen molar-refractivity contribution in [1.82, 2.24) is 0 Å². The molecule has 0 aliphatic rings. The van der Waals surface area contributed by atoms with Gasteiger partial charge >= 0.3 is 35.8 Å². The van der Waals surface area contributed by atoms with Crippen LogP contribution in [-0.2, 0) is 61.6 Å². The van der Waals surface area contributed by atoms with E-state index in [1.165, 1.54) is 0 Å². The molecule has 0 fully saturated rings. The van der Waals surface area contributed by atoms with Crippen LogP contribution in [0.4, 0.5) is 57.1 Å². The van der Waals surface area contributed by atoms with Gasteiger partial charge in [0.2, 0.25) is 0 Å². The van der Waals surface area contributed by atoms with Gasteiger partial charge in [-0.1, -0.05) is 0 Å². The Morgan fingerprint density at radius 1 is 0.230 bits per heavy atom. The molecule has 61 heavy (non-hydrogen) atoms. The second kappa shape index (κ2) is 34.0. The SMILES string of the molecule is OCCOCCOCCOCCOCCOCCOCCOCCOCCOCCOCCOCCOCCOCCC(F)(F)C(F)(F)C(F)(F)C(F)(F)C(F)(F)C(F)(F)F. The minimum absolute atomic E-state index is 0.0121. The Balaban J connectivity index is 3.52. The van der Waals surface area contributed by atoms with Crippen molar-refractivity contribution in [1.29, 1.82) is 0 Å². The Labute approximate surface area is 344 Å². The number of aliphatic hydroxyl groups is 1. The van der Waals surface area contributed by atoms with E-state index in [-0.39, 0.29) is 52.9 Å². The number of rotatable bonds is 45. The van der Waals surface area contributed by atoms with Crippen LogP contribution in [0.25, 0.3) is 0 Å². The van der Waals surface area contributed by atoms with Gasteiger partial charge in [-0.15, -0.1) is 0 Å². The van der Waals surface area contributed by atoms with Gasteiger partial charge < -0.3 is 66.7 Å². The van der Waals surface area contributed by atoms with Gasteiger partial charge in [-0.25, -0.2) is 0 Å². The van der Waals surface area contributed by atoms with Crippen LogP contribution >= 0.6 is 0 Å². The average Bonchev–Trinajstić information content (AvgIpc) is 3.19. The maximum absolute atomic E-state index is 13.7. The number of aliphatic hydroxyl groups excluding tert-OH is 1. The third kappa shape index (κ3) is 25.0. The summed E-state index contributed by atoms with van der Waals surface area (Å²) in [5, 5.41) is 8.57. The van der Waals surface area contributed by atoms with Crippen LogP contribution in [0.1, 0.15) is 6.42 Å². The summed E-state index contributed by atoms with van der Waals surface area (Å²) in [4.78, 5) is 0. The van der Waals surface area contributed by atoms with Crippen LogP contribution < -0.4 is 0 Å². The van der Waals surface area contributed by atoms with Crippen molar-refractivity contribution in [2.24, 2.45) is 0 Å². The first-order valence-corrected chi connectivity index (χ1v) is 18.9. The molecule has 0 atom stereocenters. The molecule has 0 saturated carbocycles. The molecule has 0 unspecified atom stereocenters. The van der Waals surface area contributed by atoms with E-state index in [1.807, 2.05) is 0 Å². The average molecular weight is 937 g/mol. The molecular formula is C34H57F13O14. The summed E-state index contributed by atoms with van der Waals surface area (Å²) >= 11 is 0. The van der Waals surface area contributed by atoms with Gasteiger partial charge in [0.05, 0.1) is 178 Å². The fourth-order valence-corrected chi connectivity index (χ4v) is 3.96. The van der Waals surface area contributed by atoms with Gasteiger partial charge in [0.15, 0.2) is 0 Å². The van der Waals surface area contributed by atoms with E-state index in [9.17, 15) is 57.1 Å². The summed E-state index contributed by atoms with van der Waals surface area (Å²) in [6.07, 6.45) is -9.89. The minimum Gasteiger partial charge on any atom is -0.394 e. The molecule has 0 rings (SSSR count). The second-order valence-electron chi connectivity index (χ2n) is 11.9. The molecule has 14 nitrogen and oxygen atoms in total. The van der Waals surface area contributed by atoms with Crippen LogP contribution in [0.5, 0.6) is 0 Å². The summed E-state index contributed by atoms with van der Waals surface area (Å²) in [7, 11) is 0. The highest BCUT2D eigenvalue weighted by molar-refractivity contribution is 5.10. The zero-order chi connectivity index (χ0) is 46.0. The number of hydrogen-bond donors (Lipinski definition) is 1. The predicted molar refractivity (Wildman–Crippen MR) is 183 cm³/mol. The quantitative estimate of drug-likeness (QED) is 0.0685. The third-order valence-electron chi connectivity index (χ3n) is 7.26. The fourth-order valence-electron chi connectivity index (χ4n) is 3.96. The lowest BCUT2D eigenvalue weighted by atomic mass is 9.93. The first-order chi connectivity index (χ1) is 28.8. The van der Waals surface area contributed by atoms with Crippen LogP contribution in [0.2, 0.25) is 0 Å². The number of hydrogen-bond acceptors (Lipinski definition) is 14. The lowest BCUT2D eigenvalue weighted by Crippen LogP contribution is -2.70. The monoisotopic (exact) mass is 936 g/mol. The zero-order valence-corrected chi connectivity index (χ0v) is 33.5. The summed E-state index contributed by atoms with van der Waals surface area (Å²) in [5.74, 6) is -37.0. The van der Waals surface area contributed by atoms with Gasteiger partial charge in [-0.2, -0.15) is 57.1 Å². The smallest absolute Gasteiger partial charge is 0.394 e. The molecular weight excluding hydrogens is 879 g/mol. The lowest BCUT2D eigenvalue weighted by molar-refractivity contribution is -0.440. The summed E-state index contributed by atoms with van der Waals surface area (Å²) in [6, 6.07) is 0. The molecule has 0 amide bonds. The maximum Gasteiger partial charge on any atom is 0.460 e. The maximum atomic E-state index is 13.7. The summed E-state index contributed by atoms with van der Waals surface area (Å²) in [5.41, 5.74) is 0. The number of halogens is 13. The molecule has 0 aliphatic heterocycles. The van der Waals surface area contributed by atoms with E-state index >= 15 is 0 Å². The van der Waals surface area contributed by atoms with E-state index in [0.29, 0.717) is 112 Å². The molecule has 0 aromatic rings. The van der Waals surface area contributed by atoms with Gasteiger partial charge in [-0.3, -0.25) is 0 Å². The van der Waals surface area contributed by atoms with Crippen LogP contribution in [0.3, 0.4) is 0 Å². The van der Waals surface area contributed by atoms with Crippen molar-refractivity contribution >= 4 is 0 Å². The Morgan fingerprint density at radius 3 is 0.607 bits per heavy atom. The first kappa shape index (κ1) is 59.5. The molecule has 368 valence electrons. The molecule has 0 aromatic heterocycles. The van der Waals surface area contributed by atoms with E-state index in [2.05, 4.69) is 4.74 Å². The lowest BCUT2D eigenvalue weighted by Gasteiger charge is -2.39. The van der Waals surface area contributed by atoms with E-state index < -0.39 is 55.4 Å². The van der Waals surface area contributed by atoms with Crippen molar-refractivity contribution in [3.05, 3.63) is 0 Å². The van der Waals surface area contributed by atoms with Crippen molar-refractivity contribution in [2.45, 2.75) is 42.2 Å². The molecule has 27 heteroatoms. The van der Waals surface area contributed by atoms with Crippen LogP contribution in [0, 0.1) is 0 Å². The van der Waals surface area contributed by atoms with Gasteiger partial charge in [0, 0.05) is 6.42 Å². The molecule has 0 heterocycles. The van der Waals surface area contributed by atoms with Crippen molar-refractivity contribution in [3.8, 4) is 0 Å². The Bertz CT molecular complexity index is 1020. The molecule has 0 saturated heterocycles. The molecule has 0 bridgehead atoms. The molecule has 0 spiro atoms. The van der Waals surface area contributed by atoms with Crippen molar-refractivity contribution < 1.29 is 124 Å². The summed E-state index contributed by atoms with van der Waals surface area (Å²) in [6.45, 7) is 5.12. The van der Waals surface area contributed by atoms with E-state index in [0.717, 1.165) is 0 Å². The highest BCUT2D eigenvalue weighted by atomic mass is 19.4. The van der Waals surface area contributed by atoms with E-state index in [4.69, 9.17) is 61.9 Å². The van der Waals surface area contributed by atoms with Crippen molar-refractivity contribution in [2.75, 3.05) is 178 Å². The predicted octanol–water partition coefficient (Wildman–Crippen LogP) is 4.32. The summed E-state index contributed by atoms with van der Waals surface area (Å²) < 4.78 is 238. The standard InChI is InChI=1S/C34H57F13O14/c35-29(36,30(37,38)31(39,40)32(41,42)33(43,44)34(45,46)47)1-3-49-5-7-51-9-11-53-13-15-55-17-19-57-21-23-59-25-27-61-28-26-60-24-22-58-20-18-56-16-14-54-12-10-52-8-6-50-4-2-48/h48H,1-28H2. The minimum atomic E-state index is -7.93. The third-order valence-corrected chi connectivity index (χ3v) is 7.26. The van der Waals surface area contributed by atoms with Gasteiger partial charge in [-0.05, 0) is 0 Å². The van der Waals surface area contributed by atoms with E-state index in [1.54, 1.807) is 0 Å². The Hall–Kier alpha value is -1.47. The molecule has 1 N–H and O–H groups in total. The normalized spacial score (nSPS) is 13.5. The first-order valence-electron chi connectivity index (χ1n) is 18.9. The molecule has 0 aliphatic carbocycles. The zero-order valence-electron chi connectivity index (χ0n) is 33.5. The fraction of sp³-hybridized carbons (Fsp3) is 1.00. The molecule has 0 radical (unpaired) electrons. The molecule has 0 aromatic carbocycles. The number of alkyl halides is 13. The van der Waals surface area contributed by atoms with Crippen molar-refractivity contribution in [3.63, 3.8) is 0 Å². The van der Waals surface area contributed by atoms with Gasteiger partial charge in [0.25, 0.3) is 0 Å². The highest BCUT2D eigenvalue weighted by Gasteiger charge is 2.90. The second-order valence-corrected chi connectivity index (χ2v) is 11.9. The van der Waals surface area contributed by atoms with Crippen LogP contribution in [0.15, 0.2) is 0 Å². The van der Waals surface area contributed by atoms with Gasteiger partial charge in [0.1, 0.15) is 0 Å². The Morgan fingerprint density at radius 2 is 0.410 bits per heavy atom. The Kier molecular flexibility index (Phi) is 33.1. The topological polar surface area (TPSA) is 140 Å². The largest absolute Gasteiger partial charge is 0.460 e.